The molecule has 2 aromatic rings. The maximum Gasteiger partial charge on any atom is 0.243 e. The van der Waals surface area contributed by atoms with Gasteiger partial charge in [-0.2, -0.15) is 4.31 Å². The molecule has 1 N–H and O–H groups in total. The molecule has 1 saturated heterocycles. The van der Waals surface area contributed by atoms with Crippen LogP contribution >= 0.6 is 0 Å². The highest BCUT2D eigenvalue weighted by Gasteiger charge is 2.34. The number of sulfonamides is 1. The van der Waals surface area contributed by atoms with Gasteiger partial charge in [-0.15, -0.1) is 0 Å². The van der Waals surface area contributed by atoms with Crippen LogP contribution in [0, 0.1) is 12.7 Å². The van der Waals surface area contributed by atoms with E-state index < -0.39 is 21.9 Å². The highest BCUT2D eigenvalue weighted by molar-refractivity contribution is 7.89. The molecule has 1 aliphatic rings. The summed E-state index contributed by atoms with van der Waals surface area (Å²) in [5.41, 5.74) is 0.872. The van der Waals surface area contributed by atoms with E-state index in [1.54, 1.807) is 49.4 Å². The van der Waals surface area contributed by atoms with Gasteiger partial charge in [-0.3, -0.25) is 4.79 Å². The van der Waals surface area contributed by atoms with Crippen molar-refractivity contribution >= 4 is 21.6 Å². The maximum atomic E-state index is 13.7. The van der Waals surface area contributed by atoms with Gasteiger partial charge >= 0.3 is 0 Å². The van der Waals surface area contributed by atoms with Crippen molar-refractivity contribution < 1.29 is 17.6 Å². The standard InChI is InChI=1S/C20H23FN2O3S/c1-15-10-11-16(13-19(15)21)22-20(24)14-17-7-5-6-12-23(17)27(25,26)18-8-3-2-4-9-18/h2-4,8-11,13,17H,5-7,12,14H2,1H3,(H,22,24)/t17-/m1/s1. The van der Waals surface area contributed by atoms with Crippen molar-refractivity contribution in [3.05, 3.63) is 59.9 Å². The third kappa shape index (κ3) is 4.54. The molecule has 0 aliphatic carbocycles. The first-order chi connectivity index (χ1) is 12.9. The number of rotatable bonds is 5. The molecule has 0 spiro atoms. The van der Waals surface area contributed by atoms with E-state index in [1.165, 1.54) is 10.4 Å². The van der Waals surface area contributed by atoms with Gasteiger partial charge < -0.3 is 5.32 Å². The van der Waals surface area contributed by atoms with Crippen molar-refractivity contribution in [2.75, 3.05) is 11.9 Å². The minimum atomic E-state index is -3.65. The number of piperidine rings is 1. The van der Waals surface area contributed by atoms with Crippen molar-refractivity contribution in [3.63, 3.8) is 0 Å². The minimum absolute atomic E-state index is 0.0432. The number of hydrogen-bond donors (Lipinski definition) is 1. The first-order valence-electron chi connectivity index (χ1n) is 9.01. The lowest BCUT2D eigenvalue weighted by Crippen LogP contribution is -2.45. The molecular formula is C20H23FN2O3S. The number of hydrogen-bond acceptors (Lipinski definition) is 3. The topological polar surface area (TPSA) is 66.5 Å². The first-order valence-corrected chi connectivity index (χ1v) is 10.4. The number of benzene rings is 2. The van der Waals surface area contributed by atoms with Gasteiger partial charge in [-0.1, -0.05) is 30.7 Å². The van der Waals surface area contributed by atoms with E-state index in [0.717, 1.165) is 12.8 Å². The lowest BCUT2D eigenvalue weighted by atomic mass is 10.0. The van der Waals surface area contributed by atoms with Crippen molar-refractivity contribution in [1.29, 1.82) is 0 Å². The van der Waals surface area contributed by atoms with Gasteiger partial charge in [0.1, 0.15) is 5.82 Å². The molecule has 1 atom stereocenters. The normalized spacial score (nSPS) is 18.2. The Bertz CT molecular complexity index is 916. The highest BCUT2D eigenvalue weighted by atomic mass is 32.2. The summed E-state index contributed by atoms with van der Waals surface area (Å²) in [6.45, 7) is 2.05. The maximum absolute atomic E-state index is 13.7. The third-order valence-electron chi connectivity index (χ3n) is 4.80. The molecule has 2 aromatic carbocycles. The Balaban J connectivity index is 1.73. The fourth-order valence-electron chi connectivity index (χ4n) is 3.32. The predicted molar refractivity (Wildman–Crippen MR) is 102 cm³/mol. The van der Waals surface area contributed by atoms with Crippen LogP contribution in [0.25, 0.3) is 0 Å². The monoisotopic (exact) mass is 390 g/mol. The summed E-state index contributed by atoms with van der Waals surface area (Å²) < 4.78 is 41.0. The average molecular weight is 390 g/mol. The fraction of sp³-hybridized carbons (Fsp3) is 0.350. The largest absolute Gasteiger partial charge is 0.326 e. The summed E-state index contributed by atoms with van der Waals surface area (Å²) in [5, 5.41) is 2.67. The van der Waals surface area contributed by atoms with E-state index in [1.807, 2.05) is 0 Å². The molecule has 1 aliphatic heterocycles. The quantitative estimate of drug-likeness (QED) is 0.846. The van der Waals surface area contributed by atoms with E-state index >= 15 is 0 Å². The van der Waals surface area contributed by atoms with Gasteiger partial charge in [0.2, 0.25) is 15.9 Å². The molecule has 5 nitrogen and oxygen atoms in total. The Hall–Kier alpha value is -2.25. The summed E-state index contributed by atoms with van der Waals surface area (Å²) in [4.78, 5) is 12.7. The summed E-state index contributed by atoms with van der Waals surface area (Å²) >= 11 is 0. The number of anilines is 1. The molecule has 1 fully saturated rings. The van der Waals surface area contributed by atoms with E-state index in [-0.39, 0.29) is 17.2 Å². The Morgan fingerprint density at radius 3 is 2.63 bits per heavy atom. The summed E-state index contributed by atoms with van der Waals surface area (Å²) in [6.07, 6.45) is 2.31. The second-order valence-corrected chi connectivity index (χ2v) is 8.69. The number of nitrogens with zero attached hydrogens (tertiary/aromatic N) is 1. The van der Waals surface area contributed by atoms with Crippen LogP contribution in [0.3, 0.4) is 0 Å². The SMILES string of the molecule is Cc1ccc(NC(=O)C[C@H]2CCCCN2S(=O)(=O)c2ccccc2)cc1F. The summed E-state index contributed by atoms with van der Waals surface area (Å²) in [5.74, 6) is -0.711. The Labute approximate surface area is 159 Å². The number of halogens is 1. The van der Waals surface area contributed by atoms with E-state index in [2.05, 4.69) is 5.32 Å². The van der Waals surface area contributed by atoms with Gasteiger partial charge in [-0.25, -0.2) is 12.8 Å². The van der Waals surface area contributed by atoms with E-state index in [0.29, 0.717) is 24.2 Å². The molecule has 27 heavy (non-hydrogen) atoms. The molecule has 1 heterocycles. The zero-order chi connectivity index (χ0) is 19.4. The van der Waals surface area contributed by atoms with Crippen LogP contribution in [0.5, 0.6) is 0 Å². The summed E-state index contributed by atoms with van der Waals surface area (Å²) in [6, 6.07) is 12.4. The smallest absolute Gasteiger partial charge is 0.243 e. The number of carbonyl (C=O) groups is 1. The molecule has 3 rings (SSSR count). The second kappa shape index (κ2) is 8.19. The van der Waals surface area contributed by atoms with E-state index in [9.17, 15) is 17.6 Å². The van der Waals surface area contributed by atoms with Crippen LogP contribution in [0.2, 0.25) is 0 Å². The zero-order valence-electron chi connectivity index (χ0n) is 15.2. The molecular weight excluding hydrogens is 367 g/mol. The highest BCUT2D eigenvalue weighted by Crippen LogP contribution is 2.27. The van der Waals surface area contributed by atoms with Crippen LogP contribution < -0.4 is 5.32 Å². The van der Waals surface area contributed by atoms with Crippen molar-refractivity contribution in [3.8, 4) is 0 Å². The third-order valence-corrected chi connectivity index (χ3v) is 6.77. The Kier molecular flexibility index (Phi) is 5.92. The molecule has 0 unspecified atom stereocenters. The number of carbonyl (C=O) groups excluding carboxylic acids is 1. The van der Waals surface area contributed by atoms with Crippen LogP contribution in [-0.4, -0.2) is 31.2 Å². The van der Waals surface area contributed by atoms with E-state index in [4.69, 9.17) is 0 Å². The first kappa shape index (κ1) is 19.5. The lowest BCUT2D eigenvalue weighted by molar-refractivity contribution is -0.117. The molecule has 144 valence electrons. The predicted octanol–water partition coefficient (Wildman–Crippen LogP) is 3.71. The van der Waals surface area contributed by atoms with Gasteiger partial charge in [0.15, 0.2) is 0 Å². The Morgan fingerprint density at radius 1 is 1.19 bits per heavy atom. The number of amides is 1. The van der Waals surface area contributed by atoms with Gasteiger partial charge in [-0.05, 0) is 49.6 Å². The van der Waals surface area contributed by atoms with Crippen molar-refractivity contribution in [2.24, 2.45) is 0 Å². The van der Waals surface area contributed by atoms with Crippen LogP contribution in [0.1, 0.15) is 31.2 Å². The van der Waals surface area contributed by atoms with Gasteiger partial charge in [0.25, 0.3) is 0 Å². The van der Waals surface area contributed by atoms with Crippen molar-refractivity contribution in [1.82, 2.24) is 4.31 Å². The molecule has 0 bridgehead atoms. The minimum Gasteiger partial charge on any atom is -0.326 e. The molecule has 0 radical (unpaired) electrons. The van der Waals surface area contributed by atoms with Crippen molar-refractivity contribution in [2.45, 2.75) is 43.5 Å². The number of aryl methyl sites for hydroxylation is 1. The Morgan fingerprint density at radius 2 is 1.93 bits per heavy atom. The molecule has 0 saturated carbocycles. The average Bonchev–Trinajstić information content (AvgIpc) is 2.66. The summed E-state index contributed by atoms with van der Waals surface area (Å²) in [7, 11) is -3.65. The van der Waals surface area contributed by atoms with Gasteiger partial charge in [0.05, 0.1) is 4.90 Å². The fourth-order valence-corrected chi connectivity index (χ4v) is 5.03. The molecule has 7 heteroatoms. The lowest BCUT2D eigenvalue weighted by Gasteiger charge is -2.34. The van der Waals surface area contributed by atoms with Crippen LogP contribution in [0.4, 0.5) is 10.1 Å². The molecule has 1 amide bonds. The van der Waals surface area contributed by atoms with Crippen LogP contribution in [0.15, 0.2) is 53.4 Å². The zero-order valence-corrected chi connectivity index (χ0v) is 16.0. The van der Waals surface area contributed by atoms with Gasteiger partial charge in [0, 0.05) is 24.7 Å². The number of nitrogens with one attached hydrogen (secondary N) is 1. The molecule has 0 aromatic heterocycles. The van der Waals surface area contributed by atoms with Crippen LogP contribution in [-0.2, 0) is 14.8 Å². The second-order valence-electron chi connectivity index (χ2n) is 6.79.